The highest BCUT2D eigenvalue weighted by Crippen LogP contribution is 2.34. The Morgan fingerprint density at radius 1 is 1.09 bits per heavy atom. The number of nitrogens with zero attached hydrogens (tertiary/aromatic N) is 1. The Labute approximate surface area is 135 Å². The molecule has 3 heterocycles. The van der Waals surface area contributed by atoms with Crippen LogP contribution >= 0.6 is 11.3 Å². The van der Waals surface area contributed by atoms with Crippen LogP contribution in [0.4, 0.5) is 0 Å². The van der Waals surface area contributed by atoms with E-state index in [2.05, 4.69) is 4.98 Å². The predicted octanol–water partition coefficient (Wildman–Crippen LogP) is 3.23. The number of aryl methyl sites for hydroxylation is 2. The number of fused-ring (bicyclic) bond motifs is 6. The smallest absolute Gasteiger partial charge is 0.265 e. The van der Waals surface area contributed by atoms with Crippen LogP contribution in [-0.4, -0.2) is 9.38 Å². The van der Waals surface area contributed by atoms with Gasteiger partial charge < -0.3 is 4.98 Å². The molecule has 23 heavy (non-hydrogen) atoms. The van der Waals surface area contributed by atoms with E-state index < -0.39 is 0 Å². The van der Waals surface area contributed by atoms with Crippen molar-refractivity contribution in [2.75, 3.05) is 0 Å². The van der Waals surface area contributed by atoms with Crippen molar-refractivity contribution in [3.8, 4) is 0 Å². The van der Waals surface area contributed by atoms with Crippen molar-refractivity contribution < 1.29 is 0 Å². The molecule has 0 bridgehead atoms. The summed E-state index contributed by atoms with van der Waals surface area (Å²) in [4.78, 5) is 30.6. The summed E-state index contributed by atoms with van der Waals surface area (Å²) in [5, 5.41) is 2.26. The number of aromatic nitrogens is 2. The molecule has 0 fully saturated rings. The third-order valence-corrected chi connectivity index (χ3v) is 6.03. The Kier molecular flexibility index (Phi) is 2.59. The quantitative estimate of drug-likeness (QED) is 0.505. The van der Waals surface area contributed by atoms with Gasteiger partial charge in [0.1, 0.15) is 10.5 Å². The molecule has 1 aromatic carbocycles. The summed E-state index contributed by atoms with van der Waals surface area (Å²) in [5.41, 5.74) is 1.59. The summed E-state index contributed by atoms with van der Waals surface area (Å²) in [5.74, 6) is 0. The maximum atomic E-state index is 13.0. The van der Waals surface area contributed by atoms with Crippen molar-refractivity contribution in [3.05, 3.63) is 61.5 Å². The monoisotopic (exact) mass is 322 g/mol. The zero-order valence-electron chi connectivity index (χ0n) is 12.4. The number of hydrogen-bond donors (Lipinski definition) is 1. The Bertz CT molecular complexity index is 1210. The van der Waals surface area contributed by atoms with E-state index in [1.54, 1.807) is 15.7 Å². The van der Waals surface area contributed by atoms with Crippen LogP contribution in [0.5, 0.6) is 0 Å². The van der Waals surface area contributed by atoms with Crippen LogP contribution in [0, 0.1) is 0 Å². The van der Waals surface area contributed by atoms with Crippen LogP contribution in [0.3, 0.4) is 0 Å². The van der Waals surface area contributed by atoms with Gasteiger partial charge in [0.15, 0.2) is 0 Å². The normalized spacial score (nSPS) is 14.6. The average Bonchev–Trinajstić information content (AvgIpc) is 2.94. The zero-order chi connectivity index (χ0) is 15.6. The van der Waals surface area contributed by atoms with E-state index in [0.717, 1.165) is 46.8 Å². The second-order valence-corrected chi connectivity index (χ2v) is 7.19. The van der Waals surface area contributed by atoms with Gasteiger partial charge in [-0.3, -0.25) is 14.0 Å². The van der Waals surface area contributed by atoms with Crippen LogP contribution in [-0.2, 0) is 12.8 Å². The molecule has 0 saturated heterocycles. The number of thiophene rings is 1. The number of rotatable bonds is 0. The molecule has 4 nitrogen and oxygen atoms in total. The SMILES string of the molecule is O=c1[nH]c2cc3ccccc3c(=O)n2c2sc3c(c12)CCCC3. The highest BCUT2D eigenvalue weighted by atomic mass is 32.1. The van der Waals surface area contributed by atoms with Crippen molar-refractivity contribution in [2.24, 2.45) is 0 Å². The van der Waals surface area contributed by atoms with E-state index in [0.29, 0.717) is 11.0 Å². The molecule has 3 aromatic heterocycles. The zero-order valence-corrected chi connectivity index (χ0v) is 13.2. The van der Waals surface area contributed by atoms with Gasteiger partial charge in [-0.2, -0.15) is 0 Å². The lowest BCUT2D eigenvalue weighted by atomic mass is 9.97. The van der Waals surface area contributed by atoms with Crippen LogP contribution in [0.2, 0.25) is 0 Å². The number of benzene rings is 1. The van der Waals surface area contributed by atoms with Gasteiger partial charge in [0.2, 0.25) is 0 Å². The first kappa shape index (κ1) is 13.1. The average molecular weight is 322 g/mol. The van der Waals surface area contributed by atoms with Crippen LogP contribution < -0.4 is 11.1 Å². The van der Waals surface area contributed by atoms with Gasteiger partial charge >= 0.3 is 0 Å². The van der Waals surface area contributed by atoms with Crippen molar-refractivity contribution in [1.29, 1.82) is 0 Å². The molecule has 5 heteroatoms. The molecule has 0 atom stereocenters. The summed E-state index contributed by atoms with van der Waals surface area (Å²) in [6.45, 7) is 0. The molecule has 4 aromatic rings. The van der Waals surface area contributed by atoms with Crippen molar-refractivity contribution >= 4 is 38.0 Å². The minimum Gasteiger partial charge on any atom is -0.307 e. The predicted molar refractivity (Wildman–Crippen MR) is 93.8 cm³/mol. The Hall–Kier alpha value is -2.40. The summed E-state index contributed by atoms with van der Waals surface area (Å²) in [6, 6.07) is 9.40. The first-order chi connectivity index (χ1) is 11.2. The number of pyridine rings is 1. The standard InChI is InChI=1S/C18H14N2O2S/c21-16-15-12-7-3-4-8-13(12)23-18(15)20-14(19-16)9-10-5-1-2-6-11(10)17(20)22/h1-2,5-6,9H,3-4,7-8H2,(H,19,21). The van der Waals surface area contributed by atoms with E-state index in [1.807, 2.05) is 30.3 Å². The molecule has 0 spiro atoms. The topological polar surface area (TPSA) is 54.3 Å². The maximum Gasteiger partial charge on any atom is 0.265 e. The van der Waals surface area contributed by atoms with Crippen LogP contribution in [0.15, 0.2) is 39.9 Å². The summed E-state index contributed by atoms with van der Waals surface area (Å²) in [6.07, 6.45) is 4.22. The van der Waals surface area contributed by atoms with Crippen molar-refractivity contribution in [3.63, 3.8) is 0 Å². The van der Waals surface area contributed by atoms with Crippen LogP contribution in [0.25, 0.3) is 26.6 Å². The fourth-order valence-corrected chi connectivity index (χ4v) is 5.07. The van der Waals surface area contributed by atoms with Gasteiger partial charge in [-0.1, -0.05) is 18.2 Å². The number of nitrogens with one attached hydrogen (secondary N) is 1. The lowest BCUT2D eigenvalue weighted by Gasteiger charge is -2.09. The van der Waals surface area contributed by atoms with Gasteiger partial charge in [0.25, 0.3) is 11.1 Å². The first-order valence-corrected chi connectivity index (χ1v) is 8.67. The third-order valence-electron chi connectivity index (χ3n) is 4.75. The second kappa shape index (κ2) is 4.55. The molecule has 0 unspecified atom stereocenters. The minimum atomic E-state index is -0.0749. The Morgan fingerprint density at radius 2 is 1.91 bits per heavy atom. The highest BCUT2D eigenvalue weighted by Gasteiger charge is 2.21. The molecule has 0 radical (unpaired) electrons. The Balaban J connectivity index is 2.07. The second-order valence-electron chi connectivity index (χ2n) is 6.10. The highest BCUT2D eigenvalue weighted by molar-refractivity contribution is 7.18. The van der Waals surface area contributed by atoms with E-state index in [1.165, 1.54) is 4.88 Å². The largest absolute Gasteiger partial charge is 0.307 e. The number of H-pyrrole nitrogens is 1. The molecule has 1 aliphatic rings. The molecule has 1 aliphatic carbocycles. The fourth-order valence-electron chi connectivity index (χ4n) is 3.67. The molecule has 0 amide bonds. The van der Waals surface area contributed by atoms with E-state index in [-0.39, 0.29) is 11.1 Å². The fraction of sp³-hybridized carbons (Fsp3) is 0.222. The molecule has 1 N–H and O–H groups in total. The van der Waals surface area contributed by atoms with E-state index in [9.17, 15) is 9.59 Å². The molecule has 0 aliphatic heterocycles. The van der Waals surface area contributed by atoms with Crippen LogP contribution in [0.1, 0.15) is 23.3 Å². The minimum absolute atomic E-state index is 0.0575. The Morgan fingerprint density at radius 3 is 2.83 bits per heavy atom. The third kappa shape index (κ3) is 1.71. The molecular weight excluding hydrogens is 308 g/mol. The molecular formula is C18H14N2O2S. The summed E-state index contributed by atoms with van der Waals surface area (Å²) < 4.78 is 1.68. The number of aromatic amines is 1. The van der Waals surface area contributed by atoms with Gasteiger partial charge in [0.05, 0.1) is 5.39 Å². The lowest BCUT2D eigenvalue weighted by Crippen LogP contribution is -2.20. The van der Waals surface area contributed by atoms with Gasteiger partial charge in [-0.25, -0.2) is 0 Å². The molecule has 5 rings (SSSR count). The maximum absolute atomic E-state index is 13.0. The molecule has 114 valence electrons. The van der Waals surface area contributed by atoms with Gasteiger partial charge in [0, 0.05) is 10.3 Å². The van der Waals surface area contributed by atoms with Crippen molar-refractivity contribution in [2.45, 2.75) is 25.7 Å². The van der Waals surface area contributed by atoms with E-state index in [4.69, 9.17) is 0 Å². The van der Waals surface area contributed by atoms with E-state index >= 15 is 0 Å². The lowest BCUT2D eigenvalue weighted by molar-refractivity contribution is 0.700. The first-order valence-electron chi connectivity index (χ1n) is 7.85. The number of hydrogen-bond acceptors (Lipinski definition) is 3. The summed E-state index contributed by atoms with van der Waals surface area (Å²) in [7, 11) is 0. The van der Waals surface area contributed by atoms with Crippen molar-refractivity contribution in [1.82, 2.24) is 9.38 Å². The molecule has 0 saturated carbocycles. The summed E-state index contributed by atoms with van der Waals surface area (Å²) >= 11 is 1.61. The van der Waals surface area contributed by atoms with Gasteiger partial charge in [-0.05, 0) is 48.8 Å². The van der Waals surface area contributed by atoms with Gasteiger partial charge in [-0.15, -0.1) is 11.3 Å².